The van der Waals surface area contributed by atoms with Crippen LogP contribution in [0.2, 0.25) is 0 Å². The molecule has 0 bridgehead atoms. The van der Waals surface area contributed by atoms with E-state index in [1.807, 2.05) is 32.3 Å². The van der Waals surface area contributed by atoms with Crippen molar-refractivity contribution in [2.45, 2.75) is 53.1 Å². The van der Waals surface area contributed by atoms with Gasteiger partial charge in [0.2, 0.25) is 5.91 Å². The summed E-state index contributed by atoms with van der Waals surface area (Å²) in [5, 5.41) is 2.78. The fourth-order valence-electron chi connectivity index (χ4n) is 2.07. The molecule has 0 aliphatic rings. The standard InChI is InChI=1S/C14H23N3O2/c1-9(2)13(11(5)18)16-12(19)8-17-7-6-15-14(17)10(3)4/h6-7,9-10,13H,8H2,1-5H3,(H,16,19). The number of nitrogens with one attached hydrogen (secondary N) is 1. The molecular formula is C14H23N3O2. The minimum Gasteiger partial charge on any atom is -0.344 e. The SMILES string of the molecule is CC(=O)C(NC(=O)Cn1ccnc1C(C)C)C(C)C. The van der Waals surface area contributed by atoms with Crippen molar-refractivity contribution in [1.82, 2.24) is 14.9 Å². The van der Waals surface area contributed by atoms with Gasteiger partial charge >= 0.3 is 0 Å². The molecule has 5 heteroatoms. The van der Waals surface area contributed by atoms with Gasteiger partial charge in [-0.2, -0.15) is 0 Å². The summed E-state index contributed by atoms with van der Waals surface area (Å²) < 4.78 is 1.82. The number of ketones is 1. The number of carbonyl (C=O) groups is 2. The number of hydrogen-bond donors (Lipinski definition) is 1. The molecule has 1 aromatic heterocycles. The second-order valence-electron chi connectivity index (χ2n) is 5.47. The fourth-order valence-corrected chi connectivity index (χ4v) is 2.07. The van der Waals surface area contributed by atoms with Crippen LogP contribution in [0.1, 0.15) is 46.4 Å². The molecular weight excluding hydrogens is 242 g/mol. The molecule has 0 aliphatic carbocycles. The number of Topliss-reactive ketones (excluding diaryl/α,β-unsaturated/α-hetero) is 1. The van der Waals surface area contributed by atoms with E-state index < -0.39 is 6.04 Å². The molecule has 0 aliphatic heterocycles. The Balaban J connectivity index is 2.69. The Labute approximate surface area is 114 Å². The molecule has 0 radical (unpaired) electrons. The smallest absolute Gasteiger partial charge is 0.240 e. The van der Waals surface area contributed by atoms with Crippen LogP contribution in [0.15, 0.2) is 12.4 Å². The number of carbonyl (C=O) groups excluding carboxylic acids is 2. The Morgan fingerprint density at radius 2 is 1.95 bits per heavy atom. The highest BCUT2D eigenvalue weighted by atomic mass is 16.2. The van der Waals surface area contributed by atoms with E-state index in [0.29, 0.717) is 0 Å². The van der Waals surface area contributed by atoms with Crippen LogP contribution in [0.3, 0.4) is 0 Å². The van der Waals surface area contributed by atoms with E-state index in [1.165, 1.54) is 6.92 Å². The Morgan fingerprint density at radius 1 is 1.32 bits per heavy atom. The lowest BCUT2D eigenvalue weighted by Crippen LogP contribution is -2.44. The van der Waals surface area contributed by atoms with Gasteiger partial charge in [-0.3, -0.25) is 9.59 Å². The normalized spacial score (nSPS) is 12.8. The maximum Gasteiger partial charge on any atom is 0.240 e. The molecule has 1 aromatic rings. The molecule has 0 aromatic carbocycles. The third-order valence-electron chi connectivity index (χ3n) is 3.00. The molecule has 1 rings (SSSR count). The van der Waals surface area contributed by atoms with E-state index in [9.17, 15) is 9.59 Å². The van der Waals surface area contributed by atoms with Crippen LogP contribution >= 0.6 is 0 Å². The highest BCUT2D eigenvalue weighted by molar-refractivity contribution is 5.87. The van der Waals surface area contributed by atoms with Gasteiger partial charge in [0.05, 0.1) is 6.04 Å². The zero-order valence-corrected chi connectivity index (χ0v) is 12.3. The van der Waals surface area contributed by atoms with Crippen molar-refractivity contribution in [3.63, 3.8) is 0 Å². The number of amides is 1. The Morgan fingerprint density at radius 3 is 2.42 bits per heavy atom. The highest BCUT2D eigenvalue weighted by Gasteiger charge is 2.21. The van der Waals surface area contributed by atoms with Gasteiger partial charge in [0, 0.05) is 18.3 Å². The summed E-state index contributed by atoms with van der Waals surface area (Å²) in [6.45, 7) is 9.60. The van der Waals surface area contributed by atoms with Gasteiger partial charge in [0.15, 0.2) is 5.78 Å². The molecule has 0 saturated heterocycles. The van der Waals surface area contributed by atoms with Crippen LogP contribution in [0.5, 0.6) is 0 Å². The quantitative estimate of drug-likeness (QED) is 0.852. The number of nitrogens with zero attached hydrogens (tertiary/aromatic N) is 2. The molecule has 1 amide bonds. The predicted octanol–water partition coefficient (Wildman–Crippen LogP) is 1.74. The monoisotopic (exact) mass is 265 g/mol. The van der Waals surface area contributed by atoms with Crippen LogP contribution in [0.25, 0.3) is 0 Å². The summed E-state index contributed by atoms with van der Waals surface area (Å²) in [6.07, 6.45) is 3.47. The van der Waals surface area contributed by atoms with E-state index in [0.717, 1.165) is 5.82 Å². The lowest BCUT2D eigenvalue weighted by molar-refractivity contribution is -0.128. The van der Waals surface area contributed by atoms with Gasteiger partial charge in [-0.05, 0) is 12.8 Å². The lowest BCUT2D eigenvalue weighted by Gasteiger charge is -2.20. The number of hydrogen-bond acceptors (Lipinski definition) is 3. The first-order chi connectivity index (χ1) is 8.82. The first kappa shape index (κ1) is 15.4. The molecule has 1 N–H and O–H groups in total. The fraction of sp³-hybridized carbons (Fsp3) is 0.643. The minimum absolute atomic E-state index is 0.0157. The molecule has 106 valence electrons. The first-order valence-electron chi connectivity index (χ1n) is 6.63. The van der Waals surface area contributed by atoms with Crippen molar-refractivity contribution in [1.29, 1.82) is 0 Å². The van der Waals surface area contributed by atoms with Crippen molar-refractivity contribution in [3.8, 4) is 0 Å². The minimum atomic E-state index is -0.418. The van der Waals surface area contributed by atoms with Crippen LogP contribution in [0.4, 0.5) is 0 Å². The number of aromatic nitrogens is 2. The van der Waals surface area contributed by atoms with E-state index in [1.54, 1.807) is 12.4 Å². The topological polar surface area (TPSA) is 64.0 Å². The third kappa shape index (κ3) is 4.19. The maximum absolute atomic E-state index is 12.0. The summed E-state index contributed by atoms with van der Waals surface area (Å²) in [7, 11) is 0. The van der Waals surface area contributed by atoms with Crippen molar-refractivity contribution in [3.05, 3.63) is 18.2 Å². The van der Waals surface area contributed by atoms with Gasteiger partial charge < -0.3 is 9.88 Å². The summed E-state index contributed by atoms with van der Waals surface area (Å²) in [5.41, 5.74) is 0. The summed E-state index contributed by atoms with van der Waals surface area (Å²) in [5.74, 6) is 1.05. The van der Waals surface area contributed by atoms with Crippen molar-refractivity contribution in [2.24, 2.45) is 5.92 Å². The molecule has 1 unspecified atom stereocenters. The Bertz CT molecular complexity index is 449. The van der Waals surface area contributed by atoms with Crippen molar-refractivity contribution < 1.29 is 9.59 Å². The second-order valence-corrected chi connectivity index (χ2v) is 5.47. The average molecular weight is 265 g/mol. The molecule has 0 spiro atoms. The largest absolute Gasteiger partial charge is 0.344 e. The lowest BCUT2D eigenvalue weighted by atomic mass is 10.0. The number of rotatable bonds is 6. The summed E-state index contributed by atoms with van der Waals surface area (Å²) in [4.78, 5) is 27.7. The Kier molecular flexibility index (Phi) is 5.27. The highest BCUT2D eigenvalue weighted by Crippen LogP contribution is 2.11. The van der Waals surface area contributed by atoms with Crippen molar-refractivity contribution >= 4 is 11.7 Å². The van der Waals surface area contributed by atoms with E-state index in [4.69, 9.17) is 0 Å². The van der Waals surface area contributed by atoms with Crippen LogP contribution < -0.4 is 5.32 Å². The summed E-state index contributed by atoms with van der Waals surface area (Å²) >= 11 is 0. The first-order valence-corrected chi connectivity index (χ1v) is 6.63. The van der Waals surface area contributed by atoms with Gasteiger partial charge in [0.25, 0.3) is 0 Å². The molecule has 0 saturated carbocycles. The van der Waals surface area contributed by atoms with Crippen LogP contribution in [0, 0.1) is 5.92 Å². The van der Waals surface area contributed by atoms with Gasteiger partial charge in [-0.25, -0.2) is 4.98 Å². The Hall–Kier alpha value is -1.65. The zero-order chi connectivity index (χ0) is 14.6. The maximum atomic E-state index is 12.0. The third-order valence-corrected chi connectivity index (χ3v) is 3.00. The van der Waals surface area contributed by atoms with E-state index in [-0.39, 0.29) is 30.1 Å². The average Bonchev–Trinajstić information content (AvgIpc) is 2.73. The zero-order valence-electron chi connectivity index (χ0n) is 12.3. The summed E-state index contributed by atoms with van der Waals surface area (Å²) in [6, 6.07) is -0.418. The van der Waals surface area contributed by atoms with E-state index >= 15 is 0 Å². The molecule has 5 nitrogen and oxygen atoms in total. The number of imidazole rings is 1. The predicted molar refractivity (Wildman–Crippen MR) is 73.8 cm³/mol. The van der Waals surface area contributed by atoms with Gasteiger partial charge in [0.1, 0.15) is 12.4 Å². The molecule has 1 heterocycles. The van der Waals surface area contributed by atoms with E-state index in [2.05, 4.69) is 10.3 Å². The second kappa shape index (κ2) is 6.50. The molecule has 0 fully saturated rings. The van der Waals surface area contributed by atoms with Crippen LogP contribution in [-0.2, 0) is 16.1 Å². The molecule has 1 atom stereocenters. The molecule has 19 heavy (non-hydrogen) atoms. The van der Waals surface area contributed by atoms with Crippen LogP contribution in [-0.4, -0.2) is 27.3 Å². The van der Waals surface area contributed by atoms with Crippen molar-refractivity contribution in [2.75, 3.05) is 0 Å². The van der Waals surface area contributed by atoms with Gasteiger partial charge in [-0.1, -0.05) is 27.7 Å². The van der Waals surface area contributed by atoms with Gasteiger partial charge in [-0.15, -0.1) is 0 Å².